The monoisotopic (exact) mass is 421 g/mol. The van der Waals surface area contributed by atoms with E-state index in [9.17, 15) is 10.1 Å². The van der Waals surface area contributed by atoms with Crippen molar-refractivity contribution in [2.75, 3.05) is 6.61 Å². The van der Waals surface area contributed by atoms with E-state index >= 15 is 0 Å². The zero-order valence-electron chi connectivity index (χ0n) is 18.3. The first-order valence-corrected chi connectivity index (χ1v) is 11.1. The summed E-state index contributed by atoms with van der Waals surface area (Å²) in [5.74, 6) is 1.24. The van der Waals surface area contributed by atoms with E-state index in [0.29, 0.717) is 29.6 Å². The van der Waals surface area contributed by atoms with Gasteiger partial charge in [-0.2, -0.15) is 5.26 Å². The molecule has 1 aliphatic carbocycles. The fourth-order valence-electron chi connectivity index (χ4n) is 3.84. The van der Waals surface area contributed by atoms with Crippen LogP contribution in [0.15, 0.2) is 54.6 Å². The third kappa shape index (κ3) is 6.83. The summed E-state index contributed by atoms with van der Waals surface area (Å²) in [5, 5.41) is 9.65. The predicted molar refractivity (Wildman–Crippen MR) is 119 cm³/mol. The highest BCUT2D eigenvalue weighted by Crippen LogP contribution is 2.28. The molecule has 1 aliphatic rings. The van der Waals surface area contributed by atoms with E-state index in [0.717, 1.165) is 12.8 Å². The molecule has 0 aliphatic heterocycles. The number of carbonyl (C=O) groups is 1. The number of hydrogen-bond acceptors (Lipinski definition) is 5. The number of esters is 1. The van der Waals surface area contributed by atoms with Crippen molar-refractivity contribution < 1.29 is 19.0 Å². The summed E-state index contributed by atoms with van der Waals surface area (Å²) in [7, 11) is 0. The molecule has 31 heavy (non-hydrogen) atoms. The smallest absolute Gasteiger partial charge is 0.337 e. The van der Waals surface area contributed by atoms with Crippen LogP contribution in [0.5, 0.6) is 11.5 Å². The molecule has 0 N–H and O–H groups in total. The fraction of sp³-hybridized carbons (Fsp3) is 0.462. The van der Waals surface area contributed by atoms with Crippen LogP contribution in [0.4, 0.5) is 0 Å². The number of nitrogens with zero attached hydrogens (tertiary/aromatic N) is 1. The Balaban J connectivity index is 1.63. The van der Waals surface area contributed by atoms with Gasteiger partial charge in [-0.05, 0) is 48.9 Å². The average molecular weight is 422 g/mol. The van der Waals surface area contributed by atoms with Crippen LogP contribution in [0.1, 0.15) is 57.6 Å². The number of nitriles is 1. The van der Waals surface area contributed by atoms with Crippen LogP contribution >= 0.6 is 0 Å². The second-order valence-electron chi connectivity index (χ2n) is 8.44. The van der Waals surface area contributed by atoms with Crippen molar-refractivity contribution in [3.05, 3.63) is 60.2 Å². The van der Waals surface area contributed by atoms with E-state index in [1.807, 2.05) is 44.2 Å². The van der Waals surface area contributed by atoms with E-state index in [-0.39, 0.29) is 5.92 Å². The number of carbonyl (C=O) groups excluding carboxylic acids is 1. The summed E-state index contributed by atoms with van der Waals surface area (Å²) >= 11 is 0. The molecular weight excluding hydrogens is 390 g/mol. The van der Waals surface area contributed by atoms with Gasteiger partial charge in [0.25, 0.3) is 0 Å². The van der Waals surface area contributed by atoms with Crippen molar-refractivity contribution in [1.82, 2.24) is 0 Å². The molecule has 3 rings (SSSR count). The number of hydrogen-bond donors (Lipinski definition) is 0. The topological polar surface area (TPSA) is 68.5 Å². The van der Waals surface area contributed by atoms with E-state index in [4.69, 9.17) is 14.2 Å². The lowest BCUT2D eigenvalue weighted by atomic mass is 9.90. The minimum atomic E-state index is -1.02. The lowest BCUT2D eigenvalue weighted by Crippen LogP contribution is -2.34. The summed E-state index contributed by atoms with van der Waals surface area (Å²) in [4.78, 5) is 12.8. The molecule has 164 valence electrons. The molecule has 0 saturated heterocycles. The lowest BCUT2D eigenvalue weighted by molar-refractivity contribution is -0.165. The Hall–Kier alpha value is -2.84. The largest absolute Gasteiger partial charge is 0.457 e. The summed E-state index contributed by atoms with van der Waals surface area (Å²) in [6.07, 6.45) is 4.33. The number of benzene rings is 2. The fourth-order valence-corrected chi connectivity index (χ4v) is 3.84. The van der Waals surface area contributed by atoms with Gasteiger partial charge in [0, 0.05) is 5.56 Å². The molecule has 0 heterocycles. The molecular formula is C26H31NO4. The molecule has 2 aromatic carbocycles. The Morgan fingerprint density at radius 3 is 2.42 bits per heavy atom. The van der Waals surface area contributed by atoms with Gasteiger partial charge < -0.3 is 14.2 Å². The van der Waals surface area contributed by atoms with Gasteiger partial charge in [0.05, 0.1) is 6.61 Å². The molecule has 1 fully saturated rings. The maximum atomic E-state index is 12.8. The van der Waals surface area contributed by atoms with E-state index in [2.05, 4.69) is 6.07 Å². The summed E-state index contributed by atoms with van der Waals surface area (Å²) in [6.45, 7) is 4.43. The number of rotatable bonds is 9. The van der Waals surface area contributed by atoms with Gasteiger partial charge in [-0.1, -0.05) is 63.4 Å². The van der Waals surface area contributed by atoms with Crippen molar-refractivity contribution in [3.63, 3.8) is 0 Å². The minimum Gasteiger partial charge on any atom is -0.457 e. The van der Waals surface area contributed by atoms with E-state index in [1.165, 1.54) is 19.3 Å². The van der Waals surface area contributed by atoms with Gasteiger partial charge in [0.1, 0.15) is 17.6 Å². The maximum absolute atomic E-state index is 12.8. The van der Waals surface area contributed by atoms with Crippen molar-refractivity contribution in [1.29, 1.82) is 5.26 Å². The molecule has 0 spiro atoms. The number of ether oxygens (including phenoxy) is 3. The van der Waals surface area contributed by atoms with Crippen LogP contribution in [0.3, 0.4) is 0 Å². The zero-order valence-corrected chi connectivity index (χ0v) is 18.3. The molecule has 5 heteroatoms. The molecule has 0 aromatic heterocycles. The van der Waals surface area contributed by atoms with Crippen molar-refractivity contribution >= 4 is 5.97 Å². The molecule has 0 amide bonds. The van der Waals surface area contributed by atoms with Crippen molar-refractivity contribution in [2.24, 2.45) is 11.8 Å². The molecule has 2 atom stereocenters. The van der Waals surface area contributed by atoms with Crippen LogP contribution in [0.2, 0.25) is 0 Å². The van der Waals surface area contributed by atoms with E-state index < -0.39 is 18.2 Å². The Bertz CT molecular complexity index is 868. The average Bonchev–Trinajstić information content (AvgIpc) is 2.79. The normalized spacial score (nSPS) is 16.3. The first-order chi connectivity index (χ1) is 15.1. The van der Waals surface area contributed by atoms with Gasteiger partial charge in [-0.25, -0.2) is 4.79 Å². The quantitative estimate of drug-likeness (QED) is 0.450. The molecule has 0 radical (unpaired) electrons. The Kier molecular flexibility index (Phi) is 8.49. The molecule has 2 aromatic rings. The van der Waals surface area contributed by atoms with Gasteiger partial charge in [0.2, 0.25) is 6.10 Å². The van der Waals surface area contributed by atoms with Crippen LogP contribution in [-0.2, 0) is 14.3 Å². The molecule has 2 unspecified atom stereocenters. The highest BCUT2D eigenvalue weighted by Gasteiger charge is 2.29. The van der Waals surface area contributed by atoms with Gasteiger partial charge >= 0.3 is 5.97 Å². The van der Waals surface area contributed by atoms with Gasteiger partial charge in [-0.3, -0.25) is 0 Å². The zero-order chi connectivity index (χ0) is 22.1. The second-order valence-corrected chi connectivity index (χ2v) is 8.44. The second kappa shape index (κ2) is 11.5. The Morgan fingerprint density at radius 1 is 1.03 bits per heavy atom. The van der Waals surface area contributed by atoms with Crippen molar-refractivity contribution in [2.45, 2.75) is 58.2 Å². The third-order valence-electron chi connectivity index (χ3n) is 5.57. The minimum absolute atomic E-state index is 0.0387. The SMILES string of the molecule is CC(C)C(OCC1CCCCC1)C(=O)OC(C#N)c1cccc(Oc2ccccc2)c1. The summed E-state index contributed by atoms with van der Waals surface area (Å²) < 4.78 is 17.4. The van der Waals surface area contributed by atoms with Crippen LogP contribution in [0.25, 0.3) is 0 Å². The molecule has 5 nitrogen and oxygen atoms in total. The first kappa shape index (κ1) is 22.8. The molecule has 1 saturated carbocycles. The van der Waals surface area contributed by atoms with Crippen LogP contribution < -0.4 is 4.74 Å². The number of para-hydroxylation sites is 1. The summed E-state index contributed by atoms with van der Waals surface area (Å²) in [5.41, 5.74) is 0.569. The standard InChI is InChI=1S/C26H31NO4/c1-19(2)25(29-18-20-10-5-3-6-11-20)26(28)31-24(17-27)21-12-9-15-23(16-21)30-22-13-7-4-8-14-22/h4,7-9,12-16,19-20,24-25H,3,5-6,10-11,18H2,1-2H3. The third-order valence-corrected chi connectivity index (χ3v) is 5.57. The van der Waals surface area contributed by atoms with E-state index in [1.54, 1.807) is 24.3 Å². The summed E-state index contributed by atoms with van der Waals surface area (Å²) in [6, 6.07) is 18.5. The van der Waals surface area contributed by atoms with Crippen LogP contribution in [-0.4, -0.2) is 18.7 Å². The van der Waals surface area contributed by atoms with Crippen LogP contribution in [0, 0.1) is 23.2 Å². The predicted octanol–water partition coefficient (Wildman–Crippen LogP) is 6.21. The van der Waals surface area contributed by atoms with Gasteiger partial charge in [0.15, 0.2) is 6.10 Å². The first-order valence-electron chi connectivity index (χ1n) is 11.1. The van der Waals surface area contributed by atoms with Gasteiger partial charge in [-0.15, -0.1) is 0 Å². The highest BCUT2D eigenvalue weighted by molar-refractivity contribution is 5.75. The van der Waals surface area contributed by atoms with Crippen molar-refractivity contribution in [3.8, 4) is 17.6 Å². The maximum Gasteiger partial charge on any atom is 0.337 e. The Morgan fingerprint density at radius 2 is 1.74 bits per heavy atom. The Labute approximate surface area is 184 Å². The molecule has 0 bridgehead atoms. The highest BCUT2D eigenvalue weighted by atomic mass is 16.6. The lowest BCUT2D eigenvalue weighted by Gasteiger charge is -2.26.